The topological polar surface area (TPSA) is 23.8 Å². The number of hydrogen-bond acceptors (Lipinski definition) is 1. The Kier molecular flexibility index (Phi) is 2.67. The molecule has 0 atom stereocenters. The summed E-state index contributed by atoms with van der Waals surface area (Å²) in [7, 11) is 0. The van der Waals surface area contributed by atoms with Crippen LogP contribution in [0, 0.1) is 17.1 Å². The fourth-order valence-electron chi connectivity index (χ4n) is 0.949. The Bertz CT molecular complexity index is 341. The van der Waals surface area contributed by atoms with Crippen LogP contribution < -0.4 is 0 Å². The standard InChI is InChI=1S/C9H7ClFN/c1-2-6-3-4-7(5-12)8(10)9(6)11/h3-4H,2H2,1H3. The Morgan fingerprint density at radius 3 is 2.75 bits per heavy atom. The summed E-state index contributed by atoms with van der Waals surface area (Å²) in [5, 5.41) is 8.43. The second-order valence-corrected chi connectivity index (χ2v) is 2.74. The zero-order chi connectivity index (χ0) is 9.14. The molecule has 0 aliphatic rings. The monoisotopic (exact) mass is 183 g/mol. The van der Waals surface area contributed by atoms with Gasteiger partial charge >= 0.3 is 0 Å². The van der Waals surface area contributed by atoms with Crippen LogP contribution in [0.3, 0.4) is 0 Å². The van der Waals surface area contributed by atoms with Crippen molar-refractivity contribution in [2.45, 2.75) is 13.3 Å². The van der Waals surface area contributed by atoms with Gasteiger partial charge < -0.3 is 0 Å². The first-order valence-electron chi connectivity index (χ1n) is 3.57. The molecule has 0 N–H and O–H groups in total. The highest BCUT2D eigenvalue weighted by atomic mass is 35.5. The van der Waals surface area contributed by atoms with Crippen molar-refractivity contribution in [3.8, 4) is 6.07 Å². The first kappa shape index (κ1) is 9.02. The minimum atomic E-state index is -0.474. The molecule has 1 rings (SSSR count). The summed E-state index contributed by atoms with van der Waals surface area (Å²) in [5.74, 6) is -0.474. The highest BCUT2D eigenvalue weighted by molar-refractivity contribution is 6.31. The molecular weight excluding hydrogens is 177 g/mol. The minimum absolute atomic E-state index is 0.0724. The van der Waals surface area contributed by atoms with Gasteiger partial charge in [0.1, 0.15) is 11.9 Å². The van der Waals surface area contributed by atoms with Crippen LogP contribution in [-0.4, -0.2) is 0 Å². The van der Waals surface area contributed by atoms with Crippen molar-refractivity contribution in [2.24, 2.45) is 0 Å². The maximum Gasteiger partial charge on any atom is 0.146 e. The second kappa shape index (κ2) is 3.55. The number of hydrogen-bond donors (Lipinski definition) is 0. The number of nitriles is 1. The van der Waals surface area contributed by atoms with Crippen LogP contribution in [-0.2, 0) is 6.42 Å². The summed E-state index contributed by atoms with van der Waals surface area (Å²) in [4.78, 5) is 0. The van der Waals surface area contributed by atoms with Crippen LogP contribution in [0.1, 0.15) is 18.1 Å². The SMILES string of the molecule is CCc1ccc(C#N)c(Cl)c1F. The lowest BCUT2D eigenvalue weighted by molar-refractivity contribution is 0.612. The molecule has 1 nitrogen and oxygen atoms in total. The molecule has 0 saturated carbocycles. The minimum Gasteiger partial charge on any atom is -0.205 e. The molecule has 0 saturated heterocycles. The molecule has 0 spiro atoms. The van der Waals surface area contributed by atoms with E-state index in [0.717, 1.165) is 0 Å². The predicted octanol–water partition coefficient (Wildman–Crippen LogP) is 2.91. The van der Waals surface area contributed by atoms with Gasteiger partial charge in [0.05, 0.1) is 10.6 Å². The Morgan fingerprint density at radius 1 is 1.58 bits per heavy atom. The molecule has 0 aromatic heterocycles. The molecule has 0 unspecified atom stereocenters. The Morgan fingerprint density at radius 2 is 2.25 bits per heavy atom. The molecule has 0 fully saturated rings. The van der Waals surface area contributed by atoms with E-state index in [1.807, 2.05) is 13.0 Å². The van der Waals surface area contributed by atoms with Crippen molar-refractivity contribution in [2.75, 3.05) is 0 Å². The zero-order valence-electron chi connectivity index (χ0n) is 6.56. The number of aryl methyl sites for hydroxylation is 1. The summed E-state index contributed by atoms with van der Waals surface area (Å²) in [6, 6.07) is 4.93. The Balaban J connectivity index is 3.32. The Labute approximate surface area is 75.4 Å². The van der Waals surface area contributed by atoms with Gasteiger partial charge in [-0.3, -0.25) is 0 Å². The van der Waals surface area contributed by atoms with Gasteiger partial charge in [-0.15, -0.1) is 0 Å². The third-order valence-electron chi connectivity index (χ3n) is 1.66. The second-order valence-electron chi connectivity index (χ2n) is 2.37. The first-order chi connectivity index (χ1) is 5.70. The fourth-order valence-corrected chi connectivity index (χ4v) is 1.18. The number of nitrogens with zero attached hydrogens (tertiary/aromatic N) is 1. The predicted molar refractivity (Wildman–Crippen MR) is 45.5 cm³/mol. The first-order valence-corrected chi connectivity index (χ1v) is 3.95. The highest BCUT2D eigenvalue weighted by Gasteiger charge is 2.09. The molecule has 0 radical (unpaired) electrons. The Hall–Kier alpha value is -1.07. The molecule has 0 aliphatic heterocycles. The number of rotatable bonds is 1. The lowest BCUT2D eigenvalue weighted by Crippen LogP contribution is -1.91. The lowest BCUT2D eigenvalue weighted by Gasteiger charge is -2.01. The van der Waals surface area contributed by atoms with E-state index < -0.39 is 5.82 Å². The molecule has 0 heterocycles. The van der Waals surface area contributed by atoms with Crippen LogP contribution >= 0.6 is 11.6 Å². The summed E-state index contributed by atoms with van der Waals surface area (Å²) in [6.45, 7) is 1.83. The van der Waals surface area contributed by atoms with Crippen LogP contribution in [0.2, 0.25) is 5.02 Å². The van der Waals surface area contributed by atoms with Gasteiger partial charge in [0.2, 0.25) is 0 Å². The highest BCUT2D eigenvalue weighted by Crippen LogP contribution is 2.22. The fraction of sp³-hybridized carbons (Fsp3) is 0.222. The van der Waals surface area contributed by atoms with Crippen molar-refractivity contribution in [3.05, 3.63) is 34.1 Å². The van der Waals surface area contributed by atoms with Crippen molar-refractivity contribution in [1.29, 1.82) is 5.26 Å². The van der Waals surface area contributed by atoms with E-state index in [0.29, 0.717) is 12.0 Å². The van der Waals surface area contributed by atoms with Gasteiger partial charge in [-0.05, 0) is 18.1 Å². The van der Waals surface area contributed by atoms with Crippen molar-refractivity contribution < 1.29 is 4.39 Å². The number of halogens is 2. The summed E-state index contributed by atoms with van der Waals surface area (Å²) in [6.07, 6.45) is 0.581. The summed E-state index contributed by atoms with van der Waals surface area (Å²) < 4.78 is 13.2. The van der Waals surface area contributed by atoms with E-state index in [2.05, 4.69) is 0 Å². The molecule has 62 valence electrons. The zero-order valence-corrected chi connectivity index (χ0v) is 7.32. The van der Waals surface area contributed by atoms with E-state index in [-0.39, 0.29) is 10.6 Å². The van der Waals surface area contributed by atoms with Gasteiger partial charge in [0.15, 0.2) is 0 Å². The van der Waals surface area contributed by atoms with E-state index in [1.165, 1.54) is 6.07 Å². The number of benzene rings is 1. The maximum atomic E-state index is 13.2. The molecule has 0 amide bonds. The van der Waals surface area contributed by atoms with Crippen molar-refractivity contribution in [3.63, 3.8) is 0 Å². The van der Waals surface area contributed by atoms with Gasteiger partial charge in [0, 0.05) is 0 Å². The molecule has 3 heteroatoms. The van der Waals surface area contributed by atoms with E-state index in [4.69, 9.17) is 16.9 Å². The third kappa shape index (κ3) is 1.41. The molecule has 0 bridgehead atoms. The normalized spacial score (nSPS) is 9.50. The van der Waals surface area contributed by atoms with E-state index >= 15 is 0 Å². The average molecular weight is 184 g/mol. The van der Waals surface area contributed by atoms with Crippen molar-refractivity contribution >= 4 is 11.6 Å². The quantitative estimate of drug-likeness (QED) is 0.657. The van der Waals surface area contributed by atoms with Crippen LogP contribution in [0.15, 0.2) is 12.1 Å². The lowest BCUT2D eigenvalue weighted by atomic mass is 10.1. The third-order valence-corrected chi connectivity index (χ3v) is 2.03. The maximum absolute atomic E-state index is 13.2. The van der Waals surface area contributed by atoms with Crippen LogP contribution in [0.25, 0.3) is 0 Å². The largest absolute Gasteiger partial charge is 0.205 e. The van der Waals surface area contributed by atoms with E-state index in [1.54, 1.807) is 6.07 Å². The van der Waals surface area contributed by atoms with Gasteiger partial charge in [0.25, 0.3) is 0 Å². The van der Waals surface area contributed by atoms with Gasteiger partial charge in [-0.25, -0.2) is 4.39 Å². The molecule has 1 aromatic carbocycles. The summed E-state index contributed by atoms with van der Waals surface area (Å²) >= 11 is 5.58. The van der Waals surface area contributed by atoms with Crippen LogP contribution in [0.4, 0.5) is 4.39 Å². The molecule has 0 aliphatic carbocycles. The van der Waals surface area contributed by atoms with E-state index in [9.17, 15) is 4.39 Å². The summed E-state index contributed by atoms with van der Waals surface area (Å²) in [5.41, 5.74) is 0.727. The molecular formula is C9H7ClFN. The van der Waals surface area contributed by atoms with Gasteiger partial charge in [-0.2, -0.15) is 5.26 Å². The molecule has 1 aromatic rings. The van der Waals surface area contributed by atoms with Crippen molar-refractivity contribution in [1.82, 2.24) is 0 Å². The van der Waals surface area contributed by atoms with Gasteiger partial charge in [-0.1, -0.05) is 24.6 Å². The molecule has 12 heavy (non-hydrogen) atoms. The smallest absolute Gasteiger partial charge is 0.146 e. The van der Waals surface area contributed by atoms with Crippen LogP contribution in [0.5, 0.6) is 0 Å². The average Bonchev–Trinajstić information content (AvgIpc) is 2.10.